The van der Waals surface area contributed by atoms with Gasteiger partial charge in [-0.05, 0) is 18.9 Å². The maximum absolute atomic E-state index is 13.2. The molecule has 0 spiro atoms. The van der Waals surface area contributed by atoms with Crippen LogP contribution in [0.1, 0.15) is 31.4 Å². The van der Waals surface area contributed by atoms with Gasteiger partial charge in [0.1, 0.15) is 5.82 Å². The Labute approximate surface area is 83.7 Å². The molecule has 3 heteroatoms. The molecule has 0 bridgehead atoms. The van der Waals surface area contributed by atoms with Crippen LogP contribution in [0, 0.1) is 5.82 Å². The molecule has 1 heterocycles. The Kier molecular flexibility index (Phi) is 3.77. The number of aromatic nitrogens is 1. The Morgan fingerprint density at radius 3 is 3.00 bits per heavy atom. The second-order valence-electron chi connectivity index (χ2n) is 3.31. The summed E-state index contributed by atoms with van der Waals surface area (Å²) in [4.78, 5) is 3.67. The molecule has 0 saturated carbocycles. The van der Waals surface area contributed by atoms with Gasteiger partial charge < -0.3 is 5.73 Å². The first-order valence-electron chi connectivity index (χ1n) is 4.66. The highest BCUT2D eigenvalue weighted by molar-refractivity contribution is 5.18. The molecule has 1 rings (SSSR count). The van der Waals surface area contributed by atoms with E-state index in [4.69, 9.17) is 5.73 Å². The van der Waals surface area contributed by atoms with Gasteiger partial charge in [0.15, 0.2) is 0 Å². The van der Waals surface area contributed by atoms with Crippen molar-refractivity contribution in [1.29, 1.82) is 0 Å². The maximum atomic E-state index is 13.2. The van der Waals surface area contributed by atoms with E-state index in [1.54, 1.807) is 12.3 Å². The fourth-order valence-corrected chi connectivity index (χ4v) is 1.25. The Balaban J connectivity index is 2.74. The van der Waals surface area contributed by atoms with Crippen molar-refractivity contribution in [3.63, 3.8) is 0 Å². The molecule has 2 N–H and O–H groups in total. The molecule has 0 saturated heterocycles. The van der Waals surface area contributed by atoms with Crippen LogP contribution >= 0.6 is 0 Å². The Morgan fingerprint density at radius 1 is 1.71 bits per heavy atom. The van der Waals surface area contributed by atoms with Crippen LogP contribution in [0.4, 0.5) is 4.39 Å². The van der Waals surface area contributed by atoms with Crippen molar-refractivity contribution in [3.05, 3.63) is 42.0 Å². The number of hydrogen-bond donors (Lipinski definition) is 1. The fraction of sp³-hybridized carbons (Fsp3) is 0.364. The van der Waals surface area contributed by atoms with E-state index in [2.05, 4.69) is 11.6 Å². The van der Waals surface area contributed by atoms with Gasteiger partial charge >= 0.3 is 0 Å². The average molecular weight is 194 g/mol. The number of nitrogens with zero attached hydrogens (tertiary/aromatic N) is 1. The summed E-state index contributed by atoms with van der Waals surface area (Å²) in [6.45, 7) is 5.86. The van der Waals surface area contributed by atoms with Crippen molar-refractivity contribution in [2.75, 3.05) is 0 Å². The highest BCUT2D eigenvalue weighted by Crippen LogP contribution is 2.20. The van der Waals surface area contributed by atoms with Crippen LogP contribution in [0.15, 0.2) is 30.6 Å². The summed E-state index contributed by atoms with van der Waals surface area (Å²) < 4.78 is 13.2. The first kappa shape index (κ1) is 10.9. The predicted molar refractivity (Wildman–Crippen MR) is 55.2 cm³/mol. The molecule has 14 heavy (non-hydrogen) atoms. The highest BCUT2D eigenvalue weighted by Gasteiger charge is 2.11. The zero-order chi connectivity index (χ0) is 10.6. The van der Waals surface area contributed by atoms with Crippen molar-refractivity contribution in [2.45, 2.75) is 25.8 Å². The van der Waals surface area contributed by atoms with E-state index in [9.17, 15) is 4.39 Å². The van der Waals surface area contributed by atoms with Gasteiger partial charge in [-0.2, -0.15) is 0 Å². The van der Waals surface area contributed by atoms with E-state index < -0.39 is 0 Å². The molecule has 0 aliphatic rings. The molecule has 0 aliphatic heterocycles. The van der Waals surface area contributed by atoms with E-state index >= 15 is 0 Å². The summed E-state index contributed by atoms with van der Waals surface area (Å²) in [5.74, 6) is -0.344. The van der Waals surface area contributed by atoms with Crippen molar-refractivity contribution in [2.24, 2.45) is 5.73 Å². The van der Waals surface area contributed by atoms with Gasteiger partial charge in [0.2, 0.25) is 0 Å². The zero-order valence-corrected chi connectivity index (χ0v) is 8.33. The lowest BCUT2D eigenvalue weighted by molar-refractivity contribution is 0.572. The van der Waals surface area contributed by atoms with E-state index in [0.29, 0.717) is 12.0 Å². The van der Waals surface area contributed by atoms with Gasteiger partial charge in [-0.25, -0.2) is 4.39 Å². The monoisotopic (exact) mass is 194 g/mol. The maximum Gasteiger partial charge on any atom is 0.146 e. The minimum atomic E-state index is -0.344. The van der Waals surface area contributed by atoms with Crippen LogP contribution in [0.25, 0.3) is 0 Å². The number of rotatable bonds is 4. The largest absolute Gasteiger partial charge is 0.324 e. The van der Waals surface area contributed by atoms with Gasteiger partial charge in [-0.1, -0.05) is 19.1 Å². The van der Waals surface area contributed by atoms with E-state index in [-0.39, 0.29) is 11.9 Å². The number of pyridine rings is 1. The van der Waals surface area contributed by atoms with Crippen LogP contribution in [0.2, 0.25) is 0 Å². The molecule has 2 nitrogen and oxygen atoms in total. The fourth-order valence-electron chi connectivity index (χ4n) is 1.25. The standard InChI is InChI=1S/C11H15FN2/c1-3-8(2)6-11(13)9-4-5-14-7-10(9)12/h4-5,7,11H,2-3,6,13H2,1H3. The molecule has 0 aliphatic carbocycles. The summed E-state index contributed by atoms with van der Waals surface area (Å²) in [5.41, 5.74) is 7.39. The third-order valence-corrected chi connectivity index (χ3v) is 2.21. The molecular weight excluding hydrogens is 179 g/mol. The molecule has 0 radical (unpaired) electrons. The average Bonchev–Trinajstić information content (AvgIpc) is 2.18. The third kappa shape index (κ3) is 2.64. The van der Waals surface area contributed by atoms with Crippen molar-refractivity contribution >= 4 is 0 Å². The van der Waals surface area contributed by atoms with E-state index in [1.807, 2.05) is 6.92 Å². The van der Waals surface area contributed by atoms with Crippen LogP contribution in [0.5, 0.6) is 0 Å². The molecule has 1 unspecified atom stereocenters. The third-order valence-electron chi connectivity index (χ3n) is 2.21. The Hall–Kier alpha value is -1.22. The lowest BCUT2D eigenvalue weighted by Gasteiger charge is -2.13. The van der Waals surface area contributed by atoms with Gasteiger partial charge in [-0.3, -0.25) is 4.98 Å². The SMILES string of the molecule is C=C(CC)CC(N)c1ccncc1F. The normalized spacial score (nSPS) is 12.5. The minimum Gasteiger partial charge on any atom is -0.324 e. The molecule has 0 aromatic carbocycles. The van der Waals surface area contributed by atoms with Crippen LogP contribution in [0.3, 0.4) is 0 Å². The first-order chi connectivity index (χ1) is 6.65. The van der Waals surface area contributed by atoms with Gasteiger partial charge in [0.25, 0.3) is 0 Å². The molecule has 0 fully saturated rings. The molecule has 0 amide bonds. The first-order valence-corrected chi connectivity index (χ1v) is 4.66. The van der Waals surface area contributed by atoms with Crippen molar-refractivity contribution < 1.29 is 4.39 Å². The number of halogens is 1. The Morgan fingerprint density at radius 2 is 2.43 bits per heavy atom. The van der Waals surface area contributed by atoms with E-state index in [0.717, 1.165) is 12.0 Å². The summed E-state index contributed by atoms with van der Waals surface area (Å²) in [6, 6.07) is 1.30. The molecule has 1 aromatic rings. The number of hydrogen-bond acceptors (Lipinski definition) is 2. The van der Waals surface area contributed by atoms with E-state index in [1.165, 1.54) is 6.20 Å². The second kappa shape index (κ2) is 4.86. The van der Waals surface area contributed by atoms with Crippen LogP contribution in [-0.2, 0) is 0 Å². The summed E-state index contributed by atoms with van der Waals surface area (Å²) in [5, 5.41) is 0. The summed E-state index contributed by atoms with van der Waals surface area (Å²) in [6.07, 6.45) is 4.23. The van der Waals surface area contributed by atoms with Crippen LogP contribution < -0.4 is 5.73 Å². The van der Waals surface area contributed by atoms with Gasteiger partial charge in [0.05, 0.1) is 6.20 Å². The van der Waals surface area contributed by atoms with Gasteiger partial charge in [-0.15, -0.1) is 0 Å². The van der Waals surface area contributed by atoms with Crippen LogP contribution in [-0.4, -0.2) is 4.98 Å². The summed E-state index contributed by atoms with van der Waals surface area (Å²) >= 11 is 0. The molecule has 76 valence electrons. The highest BCUT2D eigenvalue weighted by atomic mass is 19.1. The summed E-state index contributed by atoms with van der Waals surface area (Å²) in [7, 11) is 0. The van der Waals surface area contributed by atoms with Crippen molar-refractivity contribution in [1.82, 2.24) is 4.98 Å². The topological polar surface area (TPSA) is 38.9 Å². The smallest absolute Gasteiger partial charge is 0.146 e. The molecule has 1 atom stereocenters. The predicted octanol–water partition coefficient (Wildman–Crippen LogP) is 2.58. The molecule has 1 aromatic heterocycles. The van der Waals surface area contributed by atoms with Gasteiger partial charge in [0, 0.05) is 17.8 Å². The number of nitrogens with two attached hydrogens (primary N) is 1. The quantitative estimate of drug-likeness (QED) is 0.748. The minimum absolute atomic E-state index is 0.314. The zero-order valence-electron chi connectivity index (χ0n) is 8.33. The lowest BCUT2D eigenvalue weighted by atomic mass is 10.00. The van der Waals surface area contributed by atoms with Crippen molar-refractivity contribution in [3.8, 4) is 0 Å². The molecular formula is C11H15FN2. The second-order valence-corrected chi connectivity index (χ2v) is 3.31. The lowest BCUT2D eigenvalue weighted by Crippen LogP contribution is -2.12. The Bertz CT molecular complexity index is 323.